The van der Waals surface area contributed by atoms with Gasteiger partial charge in [0.1, 0.15) is 11.9 Å². The van der Waals surface area contributed by atoms with Gasteiger partial charge >= 0.3 is 6.18 Å². The number of likely N-dealkylation sites (tertiary alicyclic amines) is 1. The van der Waals surface area contributed by atoms with Crippen LogP contribution >= 0.6 is 11.6 Å². The lowest BCUT2D eigenvalue weighted by Gasteiger charge is -2.38. The van der Waals surface area contributed by atoms with E-state index in [4.69, 9.17) is 21.1 Å². The molecule has 1 spiro atoms. The number of amides is 1. The molecular formula is C38H42ClF3N8O6. The van der Waals surface area contributed by atoms with Gasteiger partial charge in [-0.1, -0.05) is 31.5 Å². The van der Waals surface area contributed by atoms with Crippen LogP contribution in [0.2, 0.25) is 5.02 Å². The second-order valence-corrected chi connectivity index (χ2v) is 13.0. The average molecular weight is 799 g/mol. The fraction of sp³-hybridized carbons (Fsp3) is 0.395. The summed E-state index contributed by atoms with van der Waals surface area (Å²) in [6.45, 7) is 9.66. The molecule has 1 amide bonds. The predicted octanol–water partition coefficient (Wildman–Crippen LogP) is 5.30. The molecule has 18 heteroatoms. The normalized spacial score (nSPS) is 16.2. The number of carbonyl (C=O) groups is 2. The first-order chi connectivity index (χ1) is 26.9. The number of hydrogen-bond acceptors (Lipinski definition) is 11. The minimum atomic E-state index is -4.34. The maximum atomic E-state index is 13.8. The molecule has 56 heavy (non-hydrogen) atoms. The third-order valence-electron chi connectivity index (χ3n) is 9.53. The second-order valence-electron chi connectivity index (χ2n) is 12.6. The Labute approximate surface area is 325 Å². The molecule has 1 saturated heterocycles. The Balaban J connectivity index is 0.000000339. The van der Waals surface area contributed by atoms with Gasteiger partial charge in [-0.2, -0.15) is 22.9 Å². The van der Waals surface area contributed by atoms with Gasteiger partial charge in [-0.15, -0.1) is 0 Å². The highest BCUT2D eigenvalue weighted by atomic mass is 35.5. The standard InChI is InChI=1S/C28H29N7O6.C8H7ClF3N.C2H6/c1-29-35-25(38)22-21(34(11-12-36)27(35)32-15-18-4-13-40-14-5-18)17-41-28(22)6-9-33(10-7-28)26(39)23-24(37)19-3-2-8-30-20(19)16-31-23;1-13-7-3-2-5(4-6(7)9)8(10,11)12;1-2/h2-4,8,12,16,37H,1,5-7,9-11,13-15,17H2;2-4,13H,1H3;1-2H3. The Morgan fingerprint density at radius 2 is 1.95 bits per heavy atom. The van der Waals surface area contributed by atoms with E-state index < -0.39 is 28.8 Å². The summed E-state index contributed by atoms with van der Waals surface area (Å²) in [5, 5.41) is 17.9. The van der Waals surface area contributed by atoms with Gasteiger partial charge in [0.15, 0.2) is 11.4 Å². The van der Waals surface area contributed by atoms with Crippen molar-refractivity contribution in [2.75, 3.05) is 45.2 Å². The lowest BCUT2D eigenvalue weighted by Crippen LogP contribution is -2.49. The van der Waals surface area contributed by atoms with Crippen LogP contribution in [0.5, 0.6) is 5.75 Å². The van der Waals surface area contributed by atoms with E-state index in [0.29, 0.717) is 60.4 Å². The van der Waals surface area contributed by atoms with Gasteiger partial charge in [0.05, 0.1) is 72.2 Å². The molecule has 3 aliphatic rings. The molecule has 3 aromatic heterocycles. The molecule has 2 N–H and O–H groups in total. The van der Waals surface area contributed by atoms with Crippen molar-refractivity contribution in [1.82, 2.24) is 24.1 Å². The zero-order chi connectivity index (χ0) is 40.6. The van der Waals surface area contributed by atoms with E-state index in [-0.39, 0.29) is 48.3 Å². The zero-order valence-corrected chi connectivity index (χ0v) is 31.9. The monoisotopic (exact) mass is 798 g/mol. The number of ether oxygens (including phenoxy) is 2. The van der Waals surface area contributed by atoms with E-state index in [1.54, 1.807) is 34.8 Å². The van der Waals surface area contributed by atoms with Crippen molar-refractivity contribution in [3.63, 3.8) is 0 Å². The fourth-order valence-electron chi connectivity index (χ4n) is 6.71. The number of piperidine rings is 1. The fourth-order valence-corrected chi connectivity index (χ4v) is 6.98. The Kier molecular flexibility index (Phi) is 13.5. The van der Waals surface area contributed by atoms with Crippen LogP contribution in [-0.2, 0) is 39.2 Å². The van der Waals surface area contributed by atoms with Crippen molar-refractivity contribution in [3.05, 3.63) is 97.9 Å². The summed E-state index contributed by atoms with van der Waals surface area (Å²) >= 11 is 5.57. The van der Waals surface area contributed by atoms with Crippen LogP contribution in [0.3, 0.4) is 0 Å². The van der Waals surface area contributed by atoms with Gasteiger partial charge in [0, 0.05) is 38.4 Å². The summed E-state index contributed by atoms with van der Waals surface area (Å²) in [5.41, 5.74) is 1.08. The van der Waals surface area contributed by atoms with Gasteiger partial charge in [-0.05, 0) is 55.2 Å². The quantitative estimate of drug-likeness (QED) is 0.144. The van der Waals surface area contributed by atoms with E-state index in [1.165, 1.54) is 12.3 Å². The van der Waals surface area contributed by atoms with Crippen LogP contribution in [0.4, 0.5) is 18.9 Å². The Morgan fingerprint density at radius 3 is 2.57 bits per heavy atom. The van der Waals surface area contributed by atoms with Crippen molar-refractivity contribution in [3.8, 4) is 5.75 Å². The van der Waals surface area contributed by atoms with Crippen molar-refractivity contribution < 1.29 is 37.3 Å². The number of aldehydes is 1. The molecule has 0 atom stereocenters. The van der Waals surface area contributed by atoms with Crippen LogP contribution in [0.1, 0.15) is 60.4 Å². The van der Waals surface area contributed by atoms with E-state index >= 15 is 0 Å². The van der Waals surface area contributed by atoms with Crippen LogP contribution in [-0.4, -0.2) is 88.0 Å². The number of nitrogens with one attached hydrogen (secondary N) is 1. The number of aromatic nitrogens is 4. The Hall–Kier alpha value is -5.39. The molecule has 0 aliphatic carbocycles. The molecule has 14 nitrogen and oxygen atoms in total. The summed E-state index contributed by atoms with van der Waals surface area (Å²) in [6.07, 6.45) is 2.82. The first-order valence-electron chi connectivity index (χ1n) is 17.9. The lowest BCUT2D eigenvalue weighted by molar-refractivity contribution is -0.137. The number of anilines is 1. The molecule has 0 saturated carbocycles. The van der Waals surface area contributed by atoms with Crippen molar-refractivity contribution in [1.29, 1.82) is 0 Å². The van der Waals surface area contributed by atoms with Crippen molar-refractivity contribution >= 4 is 47.1 Å². The van der Waals surface area contributed by atoms with E-state index in [1.807, 2.05) is 19.9 Å². The molecule has 0 bridgehead atoms. The smallest absolute Gasteiger partial charge is 0.416 e. The largest absolute Gasteiger partial charge is 0.505 e. The summed E-state index contributed by atoms with van der Waals surface area (Å²) < 4.78 is 50.8. The van der Waals surface area contributed by atoms with Gasteiger partial charge < -0.3 is 34.2 Å². The van der Waals surface area contributed by atoms with E-state index in [0.717, 1.165) is 35.1 Å². The van der Waals surface area contributed by atoms with Gasteiger partial charge in [0.25, 0.3) is 11.5 Å². The average Bonchev–Trinajstić information content (AvgIpc) is 3.58. The molecule has 1 fully saturated rings. The summed E-state index contributed by atoms with van der Waals surface area (Å²) in [4.78, 5) is 53.5. The number of nitrogens with zero attached hydrogens (tertiary/aromatic N) is 7. The molecule has 1 aromatic carbocycles. The van der Waals surface area contributed by atoms with Gasteiger partial charge in [-0.3, -0.25) is 14.6 Å². The first-order valence-corrected chi connectivity index (χ1v) is 18.3. The number of halogens is 4. The topological polar surface area (TPSA) is 166 Å². The van der Waals surface area contributed by atoms with Crippen molar-refractivity contribution in [2.45, 2.75) is 58.0 Å². The number of fused-ring (bicyclic) bond motifs is 3. The molecule has 0 unspecified atom stereocenters. The maximum Gasteiger partial charge on any atom is 0.416 e. The predicted molar refractivity (Wildman–Crippen MR) is 204 cm³/mol. The minimum absolute atomic E-state index is 0.0368. The molecule has 3 aliphatic heterocycles. The van der Waals surface area contributed by atoms with Crippen molar-refractivity contribution in [2.24, 2.45) is 10.1 Å². The SMILES string of the molecule is C=Nn1c(=O)c2c(n(CC=O)c1=NCC1=CCOCC1)COC21CCN(C(=O)c2ncc3ncccc3c2O)CC1.CC.CNc1ccc(C(F)(F)F)cc1Cl. The number of rotatable bonds is 7. The van der Waals surface area contributed by atoms with Crippen LogP contribution < -0.4 is 16.5 Å². The number of benzene rings is 1. The van der Waals surface area contributed by atoms with Gasteiger partial charge in [-0.25, -0.2) is 9.98 Å². The maximum absolute atomic E-state index is 13.8. The highest BCUT2D eigenvalue weighted by Gasteiger charge is 2.48. The van der Waals surface area contributed by atoms with E-state index in [2.05, 4.69) is 32.1 Å². The zero-order valence-electron chi connectivity index (χ0n) is 31.1. The molecule has 4 aromatic rings. The number of alkyl halides is 3. The third-order valence-corrected chi connectivity index (χ3v) is 9.85. The third kappa shape index (κ3) is 8.54. The minimum Gasteiger partial charge on any atom is -0.505 e. The molecule has 7 rings (SSSR count). The number of hydrogen-bond donors (Lipinski definition) is 2. The highest BCUT2D eigenvalue weighted by molar-refractivity contribution is 6.33. The lowest BCUT2D eigenvalue weighted by atomic mass is 9.85. The molecule has 6 heterocycles. The first kappa shape index (κ1) is 41.8. The number of carbonyl (C=O) groups excluding carboxylic acids is 2. The van der Waals surface area contributed by atoms with E-state index in [9.17, 15) is 32.7 Å². The van der Waals surface area contributed by atoms with Crippen LogP contribution in [0.15, 0.2) is 69.3 Å². The van der Waals surface area contributed by atoms with Crippen LogP contribution in [0, 0.1) is 0 Å². The number of aromatic hydroxyl groups is 1. The Bertz CT molecular complexity index is 2270. The van der Waals surface area contributed by atoms with Crippen LogP contribution in [0.25, 0.3) is 10.9 Å². The summed E-state index contributed by atoms with van der Waals surface area (Å²) in [6, 6.07) is 6.54. The molecular weight excluding hydrogens is 757 g/mol. The second kappa shape index (κ2) is 18.0. The highest BCUT2D eigenvalue weighted by Crippen LogP contribution is 2.42. The Morgan fingerprint density at radius 1 is 1.20 bits per heavy atom. The summed E-state index contributed by atoms with van der Waals surface area (Å²) in [7, 11) is 1.59. The summed E-state index contributed by atoms with van der Waals surface area (Å²) in [5.74, 6) is -0.634. The van der Waals surface area contributed by atoms with Gasteiger partial charge in [0.2, 0.25) is 5.62 Å². The number of pyridine rings is 2. The molecule has 0 radical (unpaired) electrons. The molecule has 298 valence electrons.